The zero-order valence-electron chi connectivity index (χ0n) is 23.8. The molecule has 2 aliphatic heterocycles. The van der Waals surface area contributed by atoms with E-state index in [4.69, 9.17) is 23.7 Å². The summed E-state index contributed by atoms with van der Waals surface area (Å²) in [7, 11) is 3.08. The molecule has 0 unspecified atom stereocenters. The van der Waals surface area contributed by atoms with E-state index in [0.717, 1.165) is 24.0 Å². The maximum Gasteiger partial charge on any atom is 0.272 e. The number of nitrogens with zero attached hydrogens (tertiary/aromatic N) is 1. The number of nitrogens with one attached hydrogen (secondary N) is 1. The highest BCUT2D eigenvalue weighted by Crippen LogP contribution is 2.38. The zero-order valence-corrected chi connectivity index (χ0v) is 23.8. The summed E-state index contributed by atoms with van der Waals surface area (Å²) in [5.41, 5.74) is 3.01. The van der Waals surface area contributed by atoms with E-state index in [2.05, 4.69) is 5.32 Å². The van der Waals surface area contributed by atoms with E-state index >= 15 is 0 Å². The van der Waals surface area contributed by atoms with E-state index in [9.17, 15) is 9.59 Å². The van der Waals surface area contributed by atoms with Gasteiger partial charge in [0.15, 0.2) is 23.0 Å². The predicted octanol–water partition coefficient (Wildman–Crippen LogP) is 4.53. The zero-order chi connectivity index (χ0) is 28.9. The van der Waals surface area contributed by atoms with Gasteiger partial charge in [0.1, 0.15) is 12.6 Å². The van der Waals surface area contributed by atoms with Crippen LogP contribution in [0.15, 0.2) is 60.7 Å². The third-order valence-corrected chi connectivity index (χ3v) is 7.61. The summed E-state index contributed by atoms with van der Waals surface area (Å²) < 4.78 is 28.8. The monoisotopic (exact) mass is 560 g/mol. The van der Waals surface area contributed by atoms with Crippen molar-refractivity contribution >= 4 is 17.5 Å². The quantitative estimate of drug-likeness (QED) is 0.411. The molecule has 0 radical (unpaired) electrons. The fourth-order valence-corrected chi connectivity index (χ4v) is 5.23. The minimum Gasteiger partial charge on any atom is -0.493 e. The van der Waals surface area contributed by atoms with Crippen molar-refractivity contribution in [3.63, 3.8) is 0 Å². The van der Waals surface area contributed by atoms with Gasteiger partial charge in [0.25, 0.3) is 5.91 Å². The molecule has 9 heteroatoms. The molecule has 0 bridgehead atoms. The third-order valence-electron chi connectivity index (χ3n) is 7.61. The van der Waals surface area contributed by atoms with Gasteiger partial charge in [-0.1, -0.05) is 30.3 Å². The van der Waals surface area contributed by atoms with Crippen molar-refractivity contribution < 1.29 is 33.3 Å². The molecule has 41 heavy (non-hydrogen) atoms. The highest BCUT2D eigenvalue weighted by molar-refractivity contribution is 6.04. The Hall–Kier alpha value is -4.24. The maximum absolute atomic E-state index is 14.5. The molecule has 0 saturated carbocycles. The largest absolute Gasteiger partial charge is 0.493 e. The van der Waals surface area contributed by atoms with Crippen molar-refractivity contribution in [2.24, 2.45) is 0 Å². The van der Waals surface area contributed by atoms with E-state index in [1.165, 1.54) is 12.0 Å². The number of hydrogen-bond acceptors (Lipinski definition) is 7. The molecule has 2 aliphatic rings. The number of ether oxygens (including phenoxy) is 5. The standard InChI is InChI=1S/C32H36N2O7/c1-20-9-7-11-24(21(20)2)34(32(36)29-19-40-26-12-5-6-13-27(26)41-29)30(31(35)33-18-23-10-8-16-39-23)22-14-15-25(37-3)28(17-22)38-4/h5-7,9,11-15,17,23,29-30H,8,10,16,18-19H2,1-4H3,(H,33,35)/t23-,29+,30+/m1/s1. The summed E-state index contributed by atoms with van der Waals surface area (Å²) in [6, 6.07) is 17.1. The number of para-hydroxylation sites is 2. The lowest BCUT2D eigenvalue weighted by molar-refractivity contribution is -0.131. The number of rotatable bonds is 9. The lowest BCUT2D eigenvalue weighted by Crippen LogP contribution is -2.52. The Morgan fingerprint density at radius 1 is 1.00 bits per heavy atom. The Morgan fingerprint density at radius 2 is 1.78 bits per heavy atom. The number of carbonyl (C=O) groups excluding carboxylic acids is 2. The van der Waals surface area contributed by atoms with Crippen molar-refractivity contribution in [2.45, 2.75) is 44.9 Å². The molecule has 0 aromatic heterocycles. The fraction of sp³-hybridized carbons (Fsp3) is 0.375. The Bertz CT molecular complexity index is 1400. The summed E-state index contributed by atoms with van der Waals surface area (Å²) in [6.07, 6.45) is 0.778. The molecule has 3 atom stereocenters. The Kier molecular flexibility index (Phi) is 8.64. The van der Waals surface area contributed by atoms with Crippen LogP contribution in [-0.4, -0.2) is 58.0 Å². The van der Waals surface area contributed by atoms with Crippen LogP contribution < -0.4 is 29.2 Å². The average Bonchev–Trinajstić information content (AvgIpc) is 3.53. The van der Waals surface area contributed by atoms with Gasteiger partial charge in [-0.15, -0.1) is 0 Å². The molecule has 2 heterocycles. The number of fused-ring (bicyclic) bond motifs is 1. The topological polar surface area (TPSA) is 95.6 Å². The minimum atomic E-state index is -1.05. The molecule has 2 amide bonds. The summed E-state index contributed by atoms with van der Waals surface area (Å²) in [4.78, 5) is 30.2. The molecule has 9 nitrogen and oxygen atoms in total. The van der Waals surface area contributed by atoms with Crippen molar-refractivity contribution in [3.05, 3.63) is 77.4 Å². The number of aryl methyl sites for hydroxylation is 1. The summed E-state index contributed by atoms with van der Waals surface area (Å²) >= 11 is 0. The van der Waals surface area contributed by atoms with Gasteiger partial charge in [-0.3, -0.25) is 14.5 Å². The first-order valence-electron chi connectivity index (χ1n) is 13.8. The Balaban J connectivity index is 1.60. The van der Waals surface area contributed by atoms with Gasteiger partial charge in [0.2, 0.25) is 12.0 Å². The molecule has 216 valence electrons. The first kappa shape index (κ1) is 28.3. The fourth-order valence-electron chi connectivity index (χ4n) is 5.23. The first-order chi connectivity index (χ1) is 19.9. The second kappa shape index (κ2) is 12.5. The van der Waals surface area contributed by atoms with E-state index in [1.807, 2.05) is 44.2 Å². The van der Waals surface area contributed by atoms with Crippen molar-refractivity contribution in [2.75, 3.05) is 38.9 Å². The number of methoxy groups -OCH3 is 2. The summed E-state index contributed by atoms with van der Waals surface area (Å²) in [6.45, 7) is 4.93. The first-order valence-corrected chi connectivity index (χ1v) is 13.8. The number of hydrogen-bond donors (Lipinski definition) is 1. The van der Waals surface area contributed by atoms with Gasteiger partial charge in [-0.05, 0) is 73.7 Å². The lowest BCUT2D eigenvalue weighted by atomic mass is 9.99. The van der Waals surface area contributed by atoms with Gasteiger partial charge in [-0.25, -0.2) is 0 Å². The smallest absolute Gasteiger partial charge is 0.272 e. The van der Waals surface area contributed by atoms with Crippen LogP contribution in [0.4, 0.5) is 5.69 Å². The SMILES string of the molecule is COc1ccc([C@@H](C(=O)NC[C@H]2CCCO2)N(C(=O)[C@@H]2COc3ccccc3O2)c2cccc(C)c2C)cc1OC. The number of amides is 2. The molecular formula is C32H36N2O7. The van der Waals surface area contributed by atoms with Crippen molar-refractivity contribution in [1.82, 2.24) is 5.32 Å². The molecule has 1 N–H and O–H groups in total. The lowest BCUT2D eigenvalue weighted by Gasteiger charge is -2.36. The van der Waals surface area contributed by atoms with Crippen LogP contribution in [0, 0.1) is 13.8 Å². The second-order valence-electron chi connectivity index (χ2n) is 10.2. The van der Waals surface area contributed by atoms with Crippen LogP contribution in [0.25, 0.3) is 0 Å². The maximum atomic E-state index is 14.5. The molecule has 0 spiro atoms. The normalized spacial score (nSPS) is 18.3. The molecule has 5 rings (SSSR count). The number of anilines is 1. The van der Waals surface area contributed by atoms with Gasteiger partial charge < -0.3 is 29.0 Å². The van der Waals surface area contributed by atoms with Crippen LogP contribution in [0.2, 0.25) is 0 Å². The van der Waals surface area contributed by atoms with Crippen LogP contribution in [0.3, 0.4) is 0 Å². The Morgan fingerprint density at radius 3 is 2.51 bits per heavy atom. The van der Waals surface area contributed by atoms with E-state index in [-0.39, 0.29) is 18.6 Å². The van der Waals surface area contributed by atoms with Crippen molar-refractivity contribution in [3.8, 4) is 23.0 Å². The second-order valence-corrected chi connectivity index (χ2v) is 10.2. The Labute approximate surface area is 240 Å². The molecule has 3 aromatic rings. The molecule has 3 aromatic carbocycles. The van der Waals surface area contributed by atoms with E-state index < -0.39 is 18.1 Å². The van der Waals surface area contributed by atoms with Crippen LogP contribution in [0.1, 0.15) is 35.6 Å². The number of carbonyl (C=O) groups is 2. The van der Waals surface area contributed by atoms with Crippen LogP contribution in [0.5, 0.6) is 23.0 Å². The number of benzene rings is 3. The van der Waals surface area contributed by atoms with Crippen LogP contribution >= 0.6 is 0 Å². The summed E-state index contributed by atoms with van der Waals surface area (Å²) in [5.74, 6) is 1.25. The van der Waals surface area contributed by atoms with Gasteiger partial charge >= 0.3 is 0 Å². The van der Waals surface area contributed by atoms with Crippen LogP contribution in [-0.2, 0) is 14.3 Å². The predicted molar refractivity (Wildman–Crippen MR) is 154 cm³/mol. The minimum absolute atomic E-state index is 0.00734. The molecule has 1 fully saturated rings. The van der Waals surface area contributed by atoms with Gasteiger partial charge in [-0.2, -0.15) is 0 Å². The average molecular weight is 561 g/mol. The van der Waals surface area contributed by atoms with E-state index in [1.54, 1.807) is 37.4 Å². The summed E-state index contributed by atoms with van der Waals surface area (Å²) in [5, 5.41) is 3.05. The highest BCUT2D eigenvalue weighted by Gasteiger charge is 2.40. The van der Waals surface area contributed by atoms with Crippen molar-refractivity contribution in [1.29, 1.82) is 0 Å². The van der Waals surface area contributed by atoms with Gasteiger partial charge in [0, 0.05) is 18.8 Å². The van der Waals surface area contributed by atoms with Gasteiger partial charge in [0.05, 0.1) is 20.3 Å². The molecule has 1 saturated heterocycles. The molecule has 0 aliphatic carbocycles. The molecular weight excluding hydrogens is 524 g/mol. The third kappa shape index (κ3) is 5.95. The van der Waals surface area contributed by atoms with E-state index in [0.29, 0.717) is 47.4 Å². The highest BCUT2D eigenvalue weighted by atomic mass is 16.6.